The number of anilines is 1. The van der Waals surface area contributed by atoms with E-state index in [0.29, 0.717) is 12.5 Å². The second-order valence-electron chi connectivity index (χ2n) is 7.06. The summed E-state index contributed by atoms with van der Waals surface area (Å²) < 4.78 is 1.87. The first-order chi connectivity index (χ1) is 12.7. The molecule has 0 unspecified atom stereocenters. The molecular weight excluding hydrogens is 328 g/mol. The highest BCUT2D eigenvalue weighted by Gasteiger charge is 2.48. The van der Waals surface area contributed by atoms with Gasteiger partial charge in [0.2, 0.25) is 5.91 Å². The number of fused-ring (bicyclic) bond motifs is 1. The second kappa shape index (κ2) is 5.79. The second-order valence-corrected chi connectivity index (χ2v) is 7.06. The molecule has 7 nitrogen and oxygen atoms in total. The number of likely N-dealkylation sites (tertiary alicyclic amines) is 1. The summed E-state index contributed by atoms with van der Waals surface area (Å²) in [7, 11) is 1.94. The summed E-state index contributed by atoms with van der Waals surface area (Å²) in [4.78, 5) is 23.5. The van der Waals surface area contributed by atoms with Gasteiger partial charge in [-0.05, 0) is 31.0 Å². The Labute approximate surface area is 151 Å². The first kappa shape index (κ1) is 15.3. The van der Waals surface area contributed by atoms with Crippen LogP contribution in [0.25, 0.3) is 10.9 Å². The molecular formula is C19H20N6O. The number of pyridine rings is 2. The fourth-order valence-corrected chi connectivity index (χ4v) is 4.01. The average molecular weight is 348 g/mol. The number of aryl methyl sites for hydroxylation is 1. The SMILES string of the molecule is Cn1nccc1[C@H]1[C@H](Nc2ccnc3ccncc23)CC(=O)N1C1CC1. The van der Waals surface area contributed by atoms with Crippen molar-refractivity contribution in [1.82, 2.24) is 24.6 Å². The van der Waals surface area contributed by atoms with Crippen molar-refractivity contribution < 1.29 is 4.79 Å². The molecule has 132 valence electrons. The van der Waals surface area contributed by atoms with E-state index in [4.69, 9.17) is 0 Å². The van der Waals surface area contributed by atoms with Crippen LogP contribution >= 0.6 is 0 Å². The lowest BCUT2D eigenvalue weighted by molar-refractivity contribution is -0.129. The van der Waals surface area contributed by atoms with E-state index in [1.54, 1.807) is 18.6 Å². The number of aromatic nitrogens is 4. The zero-order valence-corrected chi connectivity index (χ0v) is 14.5. The molecule has 26 heavy (non-hydrogen) atoms. The Bertz CT molecular complexity index is 974. The summed E-state index contributed by atoms with van der Waals surface area (Å²) in [5.74, 6) is 0.215. The highest BCUT2D eigenvalue weighted by atomic mass is 16.2. The fraction of sp³-hybridized carbons (Fsp3) is 0.368. The molecule has 2 aliphatic rings. The Morgan fingerprint density at radius 2 is 2.04 bits per heavy atom. The predicted molar refractivity (Wildman–Crippen MR) is 97.4 cm³/mol. The third-order valence-corrected chi connectivity index (χ3v) is 5.35. The number of hydrogen-bond acceptors (Lipinski definition) is 5. The number of amides is 1. The minimum absolute atomic E-state index is 0.00990. The van der Waals surface area contributed by atoms with E-state index < -0.39 is 0 Å². The summed E-state index contributed by atoms with van der Waals surface area (Å²) in [5.41, 5.74) is 2.92. The zero-order chi connectivity index (χ0) is 17.7. The quantitative estimate of drug-likeness (QED) is 0.783. The Kier molecular flexibility index (Phi) is 3.41. The number of carbonyl (C=O) groups excluding carboxylic acids is 1. The lowest BCUT2D eigenvalue weighted by atomic mass is 10.0. The lowest BCUT2D eigenvalue weighted by Crippen LogP contribution is -2.35. The molecule has 7 heteroatoms. The molecule has 1 amide bonds. The zero-order valence-electron chi connectivity index (χ0n) is 14.5. The Hall–Kier alpha value is -2.96. The molecule has 4 heterocycles. The lowest BCUT2D eigenvalue weighted by Gasteiger charge is -2.29. The molecule has 0 bridgehead atoms. The predicted octanol–water partition coefficient (Wildman–Crippen LogP) is 2.28. The smallest absolute Gasteiger partial charge is 0.225 e. The van der Waals surface area contributed by atoms with Crippen molar-refractivity contribution in [3.05, 3.63) is 48.7 Å². The van der Waals surface area contributed by atoms with Crippen LogP contribution in [0, 0.1) is 0 Å². The van der Waals surface area contributed by atoms with Crippen LogP contribution in [0.4, 0.5) is 5.69 Å². The molecule has 3 aromatic rings. The number of rotatable bonds is 4. The molecule has 1 N–H and O–H groups in total. The topological polar surface area (TPSA) is 75.9 Å². The van der Waals surface area contributed by atoms with E-state index >= 15 is 0 Å². The third-order valence-electron chi connectivity index (χ3n) is 5.35. The molecule has 0 spiro atoms. The molecule has 0 aromatic carbocycles. The van der Waals surface area contributed by atoms with Crippen LogP contribution < -0.4 is 5.32 Å². The standard InChI is InChI=1S/C19H20N6O/c1-24-17(6-9-22-24)19-16(10-18(26)25(19)12-2-3-12)23-15-5-8-21-14-4-7-20-11-13(14)15/h4-9,11-12,16,19H,2-3,10H2,1H3,(H,21,23)/t16-,19-/m1/s1. The summed E-state index contributed by atoms with van der Waals surface area (Å²) in [5, 5.41) is 8.90. The van der Waals surface area contributed by atoms with Gasteiger partial charge in [-0.1, -0.05) is 0 Å². The van der Waals surface area contributed by atoms with Crippen molar-refractivity contribution >= 4 is 22.5 Å². The minimum Gasteiger partial charge on any atom is -0.379 e. The third kappa shape index (κ3) is 2.42. The molecule has 2 fully saturated rings. The molecule has 1 aliphatic carbocycles. The van der Waals surface area contributed by atoms with Gasteiger partial charge in [-0.15, -0.1) is 0 Å². The highest BCUT2D eigenvalue weighted by Crippen LogP contribution is 2.43. The van der Waals surface area contributed by atoms with Crippen molar-refractivity contribution in [3.8, 4) is 0 Å². The molecule has 1 aliphatic heterocycles. The summed E-state index contributed by atoms with van der Waals surface area (Å²) in [6, 6.07) is 6.21. The highest BCUT2D eigenvalue weighted by molar-refractivity contribution is 5.91. The van der Waals surface area contributed by atoms with Gasteiger partial charge in [-0.2, -0.15) is 5.10 Å². The van der Waals surface area contributed by atoms with E-state index in [1.165, 1.54) is 0 Å². The average Bonchev–Trinajstić information content (AvgIpc) is 3.32. The van der Waals surface area contributed by atoms with Gasteiger partial charge in [-0.25, -0.2) is 0 Å². The van der Waals surface area contributed by atoms with Gasteiger partial charge in [0.1, 0.15) is 0 Å². The Morgan fingerprint density at radius 1 is 1.15 bits per heavy atom. The Balaban J connectivity index is 1.54. The number of hydrogen-bond donors (Lipinski definition) is 1. The van der Waals surface area contributed by atoms with Crippen molar-refractivity contribution in [2.45, 2.75) is 37.4 Å². The van der Waals surface area contributed by atoms with Crippen molar-refractivity contribution in [2.75, 3.05) is 5.32 Å². The van der Waals surface area contributed by atoms with Gasteiger partial charge >= 0.3 is 0 Å². The summed E-state index contributed by atoms with van der Waals surface area (Å²) in [6.07, 6.45) is 9.82. The monoisotopic (exact) mass is 348 g/mol. The summed E-state index contributed by atoms with van der Waals surface area (Å²) >= 11 is 0. The molecule has 0 radical (unpaired) electrons. The normalized spacial score (nSPS) is 23.0. The van der Waals surface area contributed by atoms with Gasteiger partial charge in [0, 0.05) is 55.4 Å². The molecule has 3 aromatic heterocycles. The van der Waals surface area contributed by atoms with Crippen LogP contribution in [0.2, 0.25) is 0 Å². The maximum absolute atomic E-state index is 12.8. The maximum Gasteiger partial charge on any atom is 0.225 e. The van der Waals surface area contributed by atoms with Crippen LogP contribution in [0.5, 0.6) is 0 Å². The van der Waals surface area contributed by atoms with Crippen LogP contribution in [0.3, 0.4) is 0 Å². The molecule has 1 saturated carbocycles. The minimum atomic E-state index is -0.0117. The van der Waals surface area contributed by atoms with Crippen molar-refractivity contribution in [3.63, 3.8) is 0 Å². The Morgan fingerprint density at radius 3 is 2.81 bits per heavy atom. The van der Waals surface area contributed by atoms with Crippen molar-refractivity contribution in [2.24, 2.45) is 7.05 Å². The first-order valence-corrected chi connectivity index (χ1v) is 8.97. The van der Waals surface area contributed by atoms with Crippen LogP contribution in [-0.4, -0.2) is 42.6 Å². The van der Waals surface area contributed by atoms with E-state index in [0.717, 1.165) is 35.1 Å². The van der Waals surface area contributed by atoms with E-state index in [9.17, 15) is 4.79 Å². The molecule has 5 rings (SSSR count). The van der Waals surface area contributed by atoms with Gasteiger partial charge in [0.25, 0.3) is 0 Å². The largest absolute Gasteiger partial charge is 0.379 e. The summed E-state index contributed by atoms with van der Waals surface area (Å²) in [6.45, 7) is 0. The van der Waals surface area contributed by atoms with Gasteiger partial charge in [0.05, 0.1) is 23.3 Å². The van der Waals surface area contributed by atoms with Crippen molar-refractivity contribution in [1.29, 1.82) is 0 Å². The molecule has 1 saturated heterocycles. The van der Waals surface area contributed by atoms with Crippen LogP contribution in [0.15, 0.2) is 43.0 Å². The fourth-order valence-electron chi connectivity index (χ4n) is 4.01. The van der Waals surface area contributed by atoms with E-state index in [1.807, 2.05) is 36.1 Å². The van der Waals surface area contributed by atoms with Gasteiger partial charge < -0.3 is 10.2 Å². The van der Waals surface area contributed by atoms with Crippen LogP contribution in [-0.2, 0) is 11.8 Å². The van der Waals surface area contributed by atoms with E-state index in [2.05, 4.69) is 25.3 Å². The number of nitrogens with one attached hydrogen (secondary N) is 1. The van der Waals surface area contributed by atoms with E-state index in [-0.39, 0.29) is 18.0 Å². The maximum atomic E-state index is 12.8. The van der Waals surface area contributed by atoms with Crippen LogP contribution in [0.1, 0.15) is 31.0 Å². The van der Waals surface area contributed by atoms with Gasteiger partial charge in [0.15, 0.2) is 0 Å². The van der Waals surface area contributed by atoms with Gasteiger partial charge in [-0.3, -0.25) is 19.4 Å². The molecule has 2 atom stereocenters. The first-order valence-electron chi connectivity index (χ1n) is 8.97. The number of carbonyl (C=O) groups is 1. The number of nitrogens with zero attached hydrogens (tertiary/aromatic N) is 5.